The summed E-state index contributed by atoms with van der Waals surface area (Å²) < 4.78 is 14.2. The van der Waals surface area contributed by atoms with Crippen LogP contribution in [0.1, 0.15) is 32.3 Å². The van der Waals surface area contributed by atoms with Gasteiger partial charge in [-0.15, -0.1) is 0 Å². The first-order valence-corrected chi connectivity index (χ1v) is 7.38. The lowest BCUT2D eigenvalue weighted by atomic mass is 10.1. The van der Waals surface area contributed by atoms with Gasteiger partial charge >= 0.3 is 5.69 Å². The molecule has 1 atom stereocenters. The number of nitrogens with one attached hydrogen (secondary N) is 1. The van der Waals surface area contributed by atoms with Gasteiger partial charge < -0.3 is 5.32 Å². The molecule has 2 rings (SSSR count). The minimum Gasteiger partial charge on any atom is -0.313 e. The average Bonchev–Trinajstić information content (AvgIpc) is 2.92. The Morgan fingerprint density at radius 1 is 1.52 bits per heavy atom. The van der Waals surface area contributed by atoms with E-state index >= 15 is 0 Å². The highest BCUT2D eigenvalue weighted by atomic mass is 19.1. The Labute approximate surface area is 124 Å². The zero-order valence-corrected chi connectivity index (χ0v) is 12.5. The van der Waals surface area contributed by atoms with Crippen LogP contribution in [0.15, 0.2) is 18.2 Å². The van der Waals surface area contributed by atoms with Gasteiger partial charge in [-0.2, -0.15) is 4.39 Å². The van der Waals surface area contributed by atoms with E-state index in [1.165, 1.54) is 12.5 Å². The van der Waals surface area contributed by atoms with Crippen LogP contribution in [0.25, 0.3) is 0 Å². The van der Waals surface area contributed by atoms with Gasteiger partial charge in [0.25, 0.3) is 0 Å². The van der Waals surface area contributed by atoms with Gasteiger partial charge in [-0.1, -0.05) is 12.1 Å². The van der Waals surface area contributed by atoms with Gasteiger partial charge in [0.2, 0.25) is 5.82 Å². The number of hydrogen-bond donors (Lipinski definition) is 1. The summed E-state index contributed by atoms with van der Waals surface area (Å²) >= 11 is 0. The quantitative estimate of drug-likeness (QED) is 0.647. The molecule has 116 valence electrons. The van der Waals surface area contributed by atoms with Crippen molar-refractivity contribution in [3.8, 4) is 0 Å². The fourth-order valence-corrected chi connectivity index (χ4v) is 2.70. The molecule has 1 heterocycles. The molecule has 1 aromatic rings. The van der Waals surface area contributed by atoms with Gasteiger partial charge in [0, 0.05) is 36.8 Å². The molecular formula is C15H22FN3O2. The molecule has 0 amide bonds. The van der Waals surface area contributed by atoms with Crippen LogP contribution in [-0.4, -0.2) is 35.0 Å². The van der Waals surface area contributed by atoms with Crippen molar-refractivity contribution in [3.63, 3.8) is 0 Å². The first-order chi connectivity index (χ1) is 9.99. The van der Waals surface area contributed by atoms with E-state index in [-0.39, 0.29) is 6.04 Å². The highest BCUT2D eigenvalue weighted by Crippen LogP contribution is 2.22. The summed E-state index contributed by atoms with van der Waals surface area (Å²) in [7, 11) is 0. The summed E-state index contributed by atoms with van der Waals surface area (Å²) in [6.45, 7) is 6.37. The molecule has 0 aliphatic carbocycles. The number of rotatable bonds is 6. The van der Waals surface area contributed by atoms with Crippen LogP contribution in [-0.2, 0) is 6.54 Å². The second kappa shape index (κ2) is 6.95. The summed E-state index contributed by atoms with van der Waals surface area (Å²) in [5.41, 5.74) is -0.0638. The molecular weight excluding hydrogens is 273 g/mol. The Hall–Kier alpha value is -1.53. The first kappa shape index (κ1) is 15.9. The second-order valence-electron chi connectivity index (χ2n) is 5.82. The number of nitrogens with zero attached hydrogens (tertiary/aromatic N) is 2. The van der Waals surface area contributed by atoms with E-state index in [0.29, 0.717) is 18.2 Å². The summed E-state index contributed by atoms with van der Waals surface area (Å²) in [5, 5.41) is 14.2. The third kappa shape index (κ3) is 3.98. The maximum atomic E-state index is 14.2. The topological polar surface area (TPSA) is 58.4 Å². The molecule has 1 fully saturated rings. The van der Waals surface area contributed by atoms with E-state index in [1.54, 1.807) is 12.1 Å². The van der Waals surface area contributed by atoms with Crippen LogP contribution in [0.3, 0.4) is 0 Å². The molecule has 0 spiro atoms. The zero-order chi connectivity index (χ0) is 15.4. The second-order valence-corrected chi connectivity index (χ2v) is 5.82. The summed E-state index contributed by atoms with van der Waals surface area (Å²) in [4.78, 5) is 12.3. The Bertz CT molecular complexity index is 502. The van der Waals surface area contributed by atoms with E-state index in [2.05, 4.69) is 24.1 Å². The summed E-state index contributed by atoms with van der Waals surface area (Å²) in [6.07, 6.45) is 2.29. The molecule has 0 bridgehead atoms. The number of nitro benzene ring substituents is 1. The van der Waals surface area contributed by atoms with Gasteiger partial charge in [0.1, 0.15) is 0 Å². The van der Waals surface area contributed by atoms with Gasteiger partial charge in [-0.05, 0) is 33.2 Å². The lowest BCUT2D eigenvalue weighted by molar-refractivity contribution is -0.387. The van der Waals surface area contributed by atoms with Crippen LogP contribution < -0.4 is 5.32 Å². The Morgan fingerprint density at radius 2 is 2.29 bits per heavy atom. The molecule has 0 saturated carbocycles. The van der Waals surface area contributed by atoms with Crippen molar-refractivity contribution in [1.29, 1.82) is 0 Å². The van der Waals surface area contributed by atoms with Crippen LogP contribution in [0.2, 0.25) is 0 Å². The molecule has 0 aromatic heterocycles. The van der Waals surface area contributed by atoms with Crippen molar-refractivity contribution < 1.29 is 9.31 Å². The molecule has 1 N–H and O–H groups in total. The van der Waals surface area contributed by atoms with Gasteiger partial charge in [-0.3, -0.25) is 15.0 Å². The monoisotopic (exact) mass is 295 g/mol. The molecule has 5 nitrogen and oxygen atoms in total. The smallest absolute Gasteiger partial charge is 0.305 e. The van der Waals surface area contributed by atoms with E-state index in [9.17, 15) is 14.5 Å². The van der Waals surface area contributed by atoms with E-state index < -0.39 is 16.4 Å². The van der Waals surface area contributed by atoms with Gasteiger partial charge in [0.05, 0.1) is 4.92 Å². The minimum atomic E-state index is -0.715. The van der Waals surface area contributed by atoms with Crippen LogP contribution >= 0.6 is 0 Å². The number of hydrogen-bond acceptors (Lipinski definition) is 4. The standard InChI is InChI=1S/C15H22FN3O2/c1-11(2)18(10-13-6-4-8-17-13)9-12-5-3-7-14(15(12)16)19(20)21/h3,5,7,11,13,17H,4,6,8-10H2,1-2H3. The van der Waals surface area contributed by atoms with Crippen LogP contribution in [0.5, 0.6) is 0 Å². The molecule has 1 aliphatic rings. The van der Waals surface area contributed by atoms with Crippen molar-refractivity contribution in [2.24, 2.45) is 0 Å². The highest BCUT2D eigenvalue weighted by Gasteiger charge is 2.23. The summed E-state index contributed by atoms with van der Waals surface area (Å²) in [6, 6.07) is 5.06. The summed E-state index contributed by atoms with van der Waals surface area (Å²) in [5.74, 6) is -0.715. The van der Waals surface area contributed by atoms with Gasteiger partial charge in [0.15, 0.2) is 0 Å². The van der Waals surface area contributed by atoms with Crippen molar-refractivity contribution in [1.82, 2.24) is 10.2 Å². The zero-order valence-electron chi connectivity index (χ0n) is 12.5. The normalized spacial score (nSPS) is 18.6. The van der Waals surface area contributed by atoms with Crippen LogP contribution in [0, 0.1) is 15.9 Å². The molecule has 21 heavy (non-hydrogen) atoms. The predicted octanol–water partition coefficient (Wildman–Crippen LogP) is 2.70. The number of benzene rings is 1. The maximum absolute atomic E-state index is 14.2. The fraction of sp³-hybridized carbons (Fsp3) is 0.600. The van der Waals surface area contributed by atoms with E-state index in [0.717, 1.165) is 19.5 Å². The first-order valence-electron chi connectivity index (χ1n) is 7.38. The van der Waals surface area contributed by atoms with Crippen LogP contribution in [0.4, 0.5) is 10.1 Å². The lowest BCUT2D eigenvalue weighted by Gasteiger charge is -2.29. The minimum absolute atomic E-state index is 0.256. The number of halogens is 1. The van der Waals surface area contributed by atoms with Gasteiger partial charge in [-0.25, -0.2) is 0 Å². The van der Waals surface area contributed by atoms with E-state index in [4.69, 9.17) is 0 Å². The number of nitro groups is 1. The molecule has 1 aliphatic heterocycles. The SMILES string of the molecule is CC(C)N(Cc1cccc([N+](=O)[O-])c1F)CC1CCCN1. The fourth-order valence-electron chi connectivity index (χ4n) is 2.70. The van der Waals surface area contributed by atoms with Crippen molar-refractivity contribution in [2.75, 3.05) is 13.1 Å². The molecule has 1 unspecified atom stereocenters. The molecule has 1 saturated heterocycles. The Morgan fingerprint density at radius 3 is 2.86 bits per heavy atom. The van der Waals surface area contributed by atoms with Crippen molar-refractivity contribution in [2.45, 2.75) is 45.3 Å². The molecule has 6 heteroatoms. The average molecular weight is 295 g/mol. The van der Waals surface area contributed by atoms with Crippen molar-refractivity contribution in [3.05, 3.63) is 39.7 Å². The Kier molecular flexibility index (Phi) is 5.25. The predicted molar refractivity (Wildman–Crippen MR) is 79.6 cm³/mol. The molecule has 1 aromatic carbocycles. The third-order valence-corrected chi connectivity index (χ3v) is 3.98. The van der Waals surface area contributed by atoms with E-state index in [1.807, 2.05) is 0 Å². The molecule has 0 radical (unpaired) electrons. The Balaban J connectivity index is 2.12. The highest BCUT2D eigenvalue weighted by molar-refractivity contribution is 5.36. The lowest BCUT2D eigenvalue weighted by Crippen LogP contribution is -2.40. The maximum Gasteiger partial charge on any atom is 0.305 e. The third-order valence-electron chi connectivity index (χ3n) is 3.98. The largest absolute Gasteiger partial charge is 0.313 e. The van der Waals surface area contributed by atoms with Crippen molar-refractivity contribution >= 4 is 5.69 Å².